The molecule has 0 atom stereocenters. The molecule has 144 valence electrons. The van der Waals surface area contributed by atoms with E-state index >= 15 is 0 Å². The number of rotatable bonds is 7. The lowest BCUT2D eigenvalue weighted by molar-refractivity contribution is -0.120. The smallest absolute Gasteiger partial charge is 0.251 e. The van der Waals surface area contributed by atoms with Gasteiger partial charge in [-0.15, -0.1) is 0 Å². The predicted molar refractivity (Wildman–Crippen MR) is 105 cm³/mol. The van der Waals surface area contributed by atoms with Crippen LogP contribution in [0, 0.1) is 6.92 Å². The Bertz CT molecular complexity index is 950. The van der Waals surface area contributed by atoms with Crippen LogP contribution in [0.5, 0.6) is 0 Å². The lowest BCUT2D eigenvalue weighted by Gasteiger charge is -2.07. The van der Waals surface area contributed by atoms with E-state index in [0.29, 0.717) is 11.3 Å². The Morgan fingerprint density at radius 1 is 1.00 bits per heavy atom. The molecule has 0 spiro atoms. The van der Waals surface area contributed by atoms with Crippen LogP contribution in [0.2, 0.25) is 0 Å². The second kappa shape index (κ2) is 8.96. The number of nitrogens with zero attached hydrogens (tertiary/aromatic N) is 1. The molecule has 3 aromatic rings. The van der Waals surface area contributed by atoms with Crippen LogP contribution in [0.15, 0.2) is 59.1 Å². The van der Waals surface area contributed by atoms with Crippen molar-refractivity contribution in [3.05, 3.63) is 65.9 Å². The van der Waals surface area contributed by atoms with Crippen LogP contribution in [0.1, 0.15) is 16.1 Å². The molecule has 7 nitrogen and oxygen atoms in total. The van der Waals surface area contributed by atoms with Crippen LogP contribution in [0.25, 0.3) is 22.4 Å². The van der Waals surface area contributed by atoms with E-state index in [1.54, 1.807) is 12.1 Å². The molecule has 28 heavy (non-hydrogen) atoms. The van der Waals surface area contributed by atoms with Crippen LogP contribution >= 0.6 is 0 Å². The predicted octanol–water partition coefficient (Wildman–Crippen LogP) is 2.16. The number of nitrogens with one attached hydrogen (secondary N) is 2. The Labute approximate surface area is 162 Å². The molecule has 3 rings (SSSR count). The van der Waals surface area contributed by atoms with Crippen molar-refractivity contribution in [1.29, 1.82) is 0 Å². The van der Waals surface area contributed by atoms with Crippen LogP contribution in [-0.2, 0) is 4.79 Å². The summed E-state index contributed by atoms with van der Waals surface area (Å²) in [5.74, 6) is -0.0146. The van der Waals surface area contributed by atoms with Crippen molar-refractivity contribution in [2.75, 3.05) is 19.7 Å². The summed E-state index contributed by atoms with van der Waals surface area (Å²) < 4.78 is 5.39. The molecular weight excluding hydrogens is 358 g/mol. The maximum atomic E-state index is 12.2. The number of aryl methyl sites for hydroxylation is 1. The monoisotopic (exact) mass is 379 g/mol. The first-order valence-electron chi connectivity index (χ1n) is 8.88. The zero-order valence-corrected chi connectivity index (χ0v) is 15.4. The molecular formula is C21H21N3O4. The molecule has 2 aromatic carbocycles. The Balaban J connectivity index is 1.74. The molecule has 0 fully saturated rings. The van der Waals surface area contributed by atoms with Crippen molar-refractivity contribution in [2.24, 2.45) is 0 Å². The maximum Gasteiger partial charge on any atom is 0.251 e. The molecule has 1 aromatic heterocycles. The van der Waals surface area contributed by atoms with Gasteiger partial charge < -0.3 is 20.3 Å². The quantitative estimate of drug-likeness (QED) is 0.583. The SMILES string of the molecule is Cc1onc(-c2ccccc2)c1-c1ccc(C(=O)NCC(=O)NCCO)cc1. The first-order valence-corrected chi connectivity index (χ1v) is 8.88. The number of carbonyl (C=O) groups is 2. The third kappa shape index (κ3) is 4.44. The van der Waals surface area contributed by atoms with Crippen molar-refractivity contribution in [3.63, 3.8) is 0 Å². The van der Waals surface area contributed by atoms with Crippen molar-refractivity contribution in [1.82, 2.24) is 15.8 Å². The zero-order valence-electron chi connectivity index (χ0n) is 15.4. The summed E-state index contributed by atoms with van der Waals surface area (Å²) in [4.78, 5) is 23.7. The van der Waals surface area contributed by atoms with Gasteiger partial charge in [0.15, 0.2) is 0 Å². The van der Waals surface area contributed by atoms with Crippen LogP contribution in [-0.4, -0.2) is 41.8 Å². The number of carbonyl (C=O) groups excluding carboxylic acids is 2. The van der Waals surface area contributed by atoms with E-state index < -0.39 is 0 Å². The van der Waals surface area contributed by atoms with E-state index in [0.717, 1.165) is 22.4 Å². The molecule has 3 N–H and O–H groups in total. The van der Waals surface area contributed by atoms with Gasteiger partial charge in [0.2, 0.25) is 5.91 Å². The lowest BCUT2D eigenvalue weighted by atomic mass is 9.98. The molecule has 0 aliphatic carbocycles. The highest BCUT2D eigenvalue weighted by Gasteiger charge is 2.17. The summed E-state index contributed by atoms with van der Waals surface area (Å²) in [5, 5.41) is 17.9. The molecule has 0 saturated carbocycles. The first-order chi connectivity index (χ1) is 13.6. The Morgan fingerprint density at radius 2 is 1.71 bits per heavy atom. The Kier molecular flexibility index (Phi) is 6.18. The fourth-order valence-corrected chi connectivity index (χ4v) is 2.81. The molecule has 0 bridgehead atoms. The Hall–Kier alpha value is -3.45. The molecule has 7 heteroatoms. The van der Waals surface area contributed by atoms with Crippen molar-refractivity contribution in [2.45, 2.75) is 6.92 Å². The minimum absolute atomic E-state index is 0.144. The number of hydrogen-bond donors (Lipinski definition) is 3. The van der Waals surface area contributed by atoms with Crippen LogP contribution in [0.3, 0.4) is 0 Å². The topological polar surface area (TPSA) is 104 Å². The zero-order chi connectivity index (χ0) is 19.9. The van der Waals surface area contributed by atoms with Gasteiger partial charge in [-0.25, -0.2) is 0 Å². The second-order valence-corrected chi connectivity index (χ2v) is 6.16. The van der Waals surface area contributed by atoms with Gasteiger partial charge in [-0.2, -0.15) is 0 Å². The summed E-state index contributed by atoms with van der Waals surface area (Å²) in [6.45, 7) is 1.71. The number of benzene rings is 2. The number of amides is 2. The number of aliphatic hydroxyl groups is 1. The highest BCUT2D eigenvalue weighted by molar-refractivity contribution is 5.97. The van der Waals surface area contributed by atoms with Crippen molar-refractivity contribution in [3.8, 4) is 22.4 Å². The minimum Gasteiger partial charge on any atom is -0.395 e. The highest BCUT2D eigenvalue weighted by Crippen LogP contribution is 2.34. The molecule has 0 aliphatic rings. The number of aromatic nitrogens is 1. The van der Waals surface area contributed by atoms with Crippen LogP contribution < -0.4 is 10.6 Å². The highest BCUT2D eigenvalue weighted by atomic mass is 16.5. The van der Waals surface area contributed by atoms with E-state index in [1.165, 1.54) is 0 Å². The molecule has 2 amide bonds. The average molecular weight is 379 g/mol. The fraction of sp³-hybridized carbons (Fsp3) is 0.190. The van der Waals surface area contributed by atoms with E-state index in [9.17, 15) is 9.59 Å². The van der Waals surface area contributed by atoms with E-state index in [4.69, 9.17) is 9.63 Å². The van der Waals surface area contributed by atoms with Gasteiger partial charge in [-0.05, 0) is 24.6 Å². The van der Waals surface area contributed by atoms with E-state index in [-0.39, 0.29) is 31.5 Å². The molecule has 0 unspecified atom stereocenters. The standard InChI is InChI=1S/C21H21N3O4/c1-14-19(20(24-28-14)16-5-3-2-4-6-16)15-7-9-17(10-8-15)21(27)23-13-18(26)22-11-12-25/h2-10,25H,11-13H2,1H3,(H,22,26)(H,23,27). The molecule has 1 heterocycles. The summed E-state index contributed by atoms with van der Waals surface area (Å²) in [7, 11) is 0. The maximum absolute atomic E-state index is 12.2. The third-order valence-electron chi connectivity index (χ3n) is 4.19. The van der Waals surface area contributed by atoms with Crippen molar-refractivity contribution >= 4 is 11.8 Å². The van der Waals surface area contributed by atoms with Crippen LogP contribution in [0.4, 0.5) is 0 Å². The molecule has 0 saturated heterocycles. The van der Waals surface area contributed by atoms with Gasteiger partial charge in [0.25, 0.3) is 5.91 Å². The average Bonchev–Trinajstić information content (AvgIpc) is 3.12. The van der Waals surface area contributed by atoms with E-state index in [1.807, 2.05) is 49.4 Å². The molecule has 0 aliphatic heterocycles. The summed E-state index contributed by atoms with van der Waals surface area (Å²) >= 11 is 0. The summed E-state index contributed by atoms with van der Waals surface area (Å²) in [5.41, 5.74) is 3.89. The number of hydrogen-bond acceptors (Lipinski definition) is 5. The van der Waals surface area contributed by atoms with E-state index in [2.05, 4.69) is 15.8 Å². The second-order valence-electron chi connectivity index (χ2n) is 6.16. The molecule has 0 radical (unpaired) electrons. The summed E-state index contributed by atoms with van der Waals surface area (Å²) in [6, 6.07) is 16.8. The Morgan fingerprint density at radius 3 is 2.39 bits per heavy atom. The first kappa shape index (κ1) is 19.3. The minimum atomic E-state index is -0.355. The van der Waals surface area contributed by atoms with Gasteiger partial charge >= 0.3 is 0 Å². The van der Waals surface area contributed by atoms with Gasteiger partial charge in [-0.3, -0.25) is 9.59 Å². The third-order valence-corrected chi connectivity index (χ3v) is 4.19. The lowest BCUT2D eigenvalue weighted by Crippen LogP contribution is -2.37. The summed E-state index contributed by atoms with van der Waals surface area (Å²) in [6.07, 6.45) is 0. The van der Waals surface area contributed by atoms with Gasteiger partial charge in [0.05, 0.1) is 18.7 Å². The van der Waals surface area contributed by atoms with Gasteiger partial charge in [-0.1, -0.05) is 47.6 Å². The van der Waals surface area contributed by atoms with Gasteiger partial charge in [0, 0.05) is 17.7 Å². The van der Waals surface area contributed by atoms with Crippen molar-refractivity contribution < 1.29 is 19.2 Å². The largest absolute Gasteiger partial charge is 0.395 e. The fourth-order valence-electron chi connectivity index (χ4n) is 2.81. The number of aliphatic hydroxyl groups excluding tert-OH is 1. The van der Waals surface area contributed by atoms with Gasteiger partial charge in [0.1, 0.15) is 11.5 Å². The normalized spacial score (nSPS) is 10.5.